The number of benzene rings is 2. The number of hydrogen-bond acceptors (Lipinski definition) is 5. The van der Waals surface area contributed by atoms with E-state index in [-0.39, 0.29) is 17.2 Å². The molecule has 0 bridgehead atoms. The van der Waals surface area contributed by atoms with Crippen molar-refractivity contribution in [2.24, 2.45) is 5.41 Å². The number of nitrogens with one attached hydrogen (secondary N) is 1. The molecule has 1 atom stereocenters. The number of ketones is 1. The number of fused-ring (bicyclic) bond motifs is 1. The Morgan fingerprint density at radius 3 is 2.71 bits per heavy atom. The molecule has 6 heteroatoms. The highest BCUT2D eigenvalue weighted by Gasteiger charge is 2.41. The molecule has 0 spiro atoms. The van der Waals surface area contributed by atoms with Crippen LogP contribution in [0.25, 0.3) is 0 Å². The molecule has 0 radical (unpaired) electrons. The number of aryl methyl sites for hydroxylation is 1. The Bertz CT molecular complexity index is 1180. The molecule has 0 saturated carbocycles. The number of rotatable bonds is 4. The predicted molar refractivity (Wildman–Crippen MR) is 124 cm³/mol. The maximum absolute atomic E-state index is 13.2. The number of allylic oxidation sites excluding steroid dienone is 2. The predicted octanol–water partition coefficient (Wildman–Crippen LogP) is 5.54. The SMILES string of the molecule is Cc1cccc(CSc2nc3n(n2)C(c2ccccc2)C2=C(CC(C)(C)CC2=O)N3)c1. The molecule has 5 nitrogen and oxygen atoms in total. The molecule has 0 amide bonds. The summed E-state index contributed by atoms with van der Waals surface area (Å²) in [5.74, 6) is 1.72. The van der Waals surface area contributed by atoms with Crippen molar-refractivity contribution >= 4 is 23.5 Å². The van der Waals surface area contributed by atoms with E-state index in [1.807, 2.05) is 22.9 Å². The first kappa shape index (κ1) is 20.1. The lowest BCUT2D eigenvalue weighted by Gasteiger charge is -2.38. The van der Waals surface area contributed by atoms with Crippen LogP contribution in [0.1, 0.15) is 49.4 Å². The van der Waals surface area contributed by atoms with Crippen LogP contribution >= 0.6 is 11.8 Å². The highest BCUT2D eigenvalue weighted by atomic mass is 32.2. The standard InChI is InChI=1S/C25H26N4OS/c1-16-8-7-9-17(12-16)15-31-24-27-23-26-19-13-25(2,3)14-20(30)21(19)22(29(23)28-24)18-10-5-4-6-11-18/h4-12,22H,13-15H2,1-3H3,(H,26,27,28). The van der Waals surface area contributed by atoms with Crippen molar-refractivity contribution < 1.29 is 4.79 Å². The van der Waals surface area contributed by atoms with Gasteiger partial charge in [0.2, 0.25) is 11.1 Å². The average Bonchev–Trinajstić information content (AvgIpc) is 3.13. The van der Waals surface area contributed by atoms with E-state index in [4.69, 9.17) is 10.1 Å². The minimum Gasteiger partial charge on any atom is -0.328 e. The smallest absolute Gasteiger partial charge is 0.227 e. The van der Waals surface area contributed by atoms with Gasteiger partial charge in [0.1, 0.15) is 6.04 Å². The summed E-state index contributed by atoms with van der Waals surface area (Å²) in [5.41, 5.74) is 5.32. The first-order valence-electron chi connectivity index (χ1n) is 10.6. The Hall–Kier alpha value is -2.86. The highest BCUT2D eigenvalue weighted by Crippen LogP contribution is 2.45. The third kappa shape index (κ3) is 3.92. The van der Waals surface area contributed by atoms with E-state index in [0.29, 0.717) is 12.4 Å². The lowest BCUT2D eigenvalue weighted by Crippen LogP contribution is -2.36. The van der Waals surface area contributed by atoms with Gasteiger partial charge in [-0.05, 0) is 29.9 Å². The number of nitrogens with zero attached hydrogens (tertiary/aromatic N) is 3. The van der Waals surface area contributed by atoms with Crippen LogP contribution in [0.2, 0.25) is 0 Å². The molecule has 1 N–H and O–H groups in total. The monoisotopic (exact) mass is 430 g/mol. The van der Waals surface area contributed by atoms with E-state index < -0.39 is 0 Å². The minimum atomic E-state index is -0.239. The van der Waals surface area contributed by atoms with Gasteiger partial charge in [-0.25, -0.2) is 4.68 Å². The van der Waals surface area contributed by atoms with Gasteiger partial charge in [-0.15, -0.1) is 5.10 Å². The Morgan fingerprint density at radius 2 is 1.94 bits per heavy atom. The van der Waals surface area contributed by atoms with Crippen LogP contribution in [0.4, 0.5) is 5.95 Å². The van der Waals surface area contributed by atoms with E-state index in [1.165, 1.54) is 11.1 Å². The molecule has 1 aliphatic carbocycles. The molecule has 2 aromatic carbocycles. The van der Waals surface area contributed by atoms with E-state index >= 15 is 0 Å². The van der Waals surface area contributed by atoms with Crippen molar-refractivity contribution in [2.75, 3.05) is 5.32 Å². The second-order valence-electron chi connectivity index (χ2n) is 9.21. The lowest BCUT2D eigenvalue weighted by molar-refractivity contribution is -0.118. The summed E-state index contributed by atoms with van der Waals surface area (Å²) < 4.78 is 1.89. The maximum Gasteiger partial charge on any atom is 0.227 e. The van der Waals surface area contributed by atoms with Gasteiger partial charge in [0.25, 0.3) is 0 Å². The normalized spacial score (nSPS) is 19.6. The highest BCUT2D eigenvalue weighted by molar-refractivity contribution is 7.98. The quantitative estimate of drug-likeness (QED) is 0.551. The van der Waals surface area contributed by atoms with Crippen molar-refractivity contribution in [3.8, 4) is 0 Å². The fourth-order valence-electron chi connectivity index (χ4n) is 4.54. The zero-order valence-corrected chi connectivity index (χ0v) is 18.9. The summed E-state index contributed by atoms with van der Waals surface area (Å²) in [4.78, 5) is 18.0. The fraction of sp³-hybridized carbons (Fsp3) is 0.320. The molecule has 31 heavy (non-hydrogen) atoms. The molecule has 0 saturated heterocycles. The number of hydrogen-bond donors (Lipinski definition) is 1. The summed E-state index contributed by atoms with van der Waals surface area (Å²) in [5, 5.41) is 8.99. The van der Waals surface area contributed by atoms with Gasteiger partial charge in [-0.3, -0.25) is 4.79 Å². The maximum atomic E-state index is 13.2. The summed E-state index contributed by atoms with van der Waals surface area (Å²) in [6.45, 7) is 6.40. The molecule has 1 aliphatic heterocycles. The minimum absolute atomic E-state index is 0.0604. The molecule has 5 rings (SSSR count). The summed E-state index contributed by atoms with van der Waals surface area (Å²) in [7, 11) is 0. The van der Waals surface area contributed by atoms with Gasteiger partial charge in [-0.1, -0.05) is 85.8 Å². The van der Waals surface area contributed by atoms with Gasteiger partial charge >= 0.3 is 0 Å². The Labute approximate surface area is 187 Å². The number of aromatic nitrogens is 3. The fourth-order valence-corrected chi connectivity index (χ4v) is 5.32. The third-order valence-electron chi connectivity index (χ3n) is 5.88. The number of thioether (sulfide) groups is 1. The summed E-state index contributed by atoms with van der Waals surface area (Å²) in [6, 6.07) is 18.4. The molecule has 158 valence electrons. The zero-order valence-electron chi connectivity index (χ0n) is 18.1. The molecule has 1 unspecified atom stereocenters. The van der Waals surface area contributed by atoms with Gasteiger partial charge < -0.3 is 5.32 Å². The third-order valence-corrected chi connectivity index (χ3v) is 6.79. The number of carbonyl (C=O) groups excluding carboxylic acids is 1. The van der Waals surface area contributed by atoms with Gasteiger partial charge in [-0.2, -0.15) is 4.98 Å². The Morgan fingerprint density at radius 1 is 1.13 bits per heavy atom. The van der Waals surface area contributed by atoms with Crippen molar-refractivity contribution in [3.63, 3.8) is 0 Å². The van der Waals surface area contributed by atoms with E-state index in [0.717, 1.165) is 34.2 Å². The van der Waals surface area contributed by atoms with E-state index in [2.05, 4.69) is 62.5 Å². The Kier molecular flexibility index (Phi) is 4.97. The van der Waals surface area contributed by atoms with Crippen LogP contribution in [0.5, 0.6) is 0 Å². The number of anilines is 1. The van der Waals surface area contributed by atoms with Crippen LogP contribution in [0.15, 0.2) is 71.0 Å². The van der Waals surface area contributed by atoms with Gasteiger partial charge in [0.15, 0.2) is 5.78 Å². The van der Waals surface area contributed by atoms with Crippen molar-refractivity contribution in [2.45, 2.75) is 50.6 Å². The zero-order chi connectivity index (χ0) is 21.6. The average molecular weight is 431 g/mol. The number of Topliss-reactive ketones (excluding diaryl/α,β-unsaturated/α-hetero) is 1. The van der Waals surface area contributed by atoms with Crippen molar-refractivity contribution in [3.05, 3.63) is 82.6 Å². The van der Waals surface area contributed by atoms with Crippen molar-refractivity contribution in [1.82, 2.24) is 14.8 Å². The van der Waals surface area contributed by atoms with Crippen LogP contribution in [-0.4, -0.2) is 20.5 Å². The second kappa shape index (κ2) is 7.68. The van der Waals surface area contributed by atoms with Crippen LogP contribution in [0.3, 0.4) is 0 Å². The second-order valence-corrected chi connectivity index (χ2v) is 10.2. The van der Waals surface area contributed by atoms with E-state index in [9.17, 15) is 4.79 Å². The molecular formula is C25H26N4OS. The van der Waals surface area contributed by atoms with Crippen LogP contribution in [0, 0.1) is 12.3 Å². The summed E-state index contributed by atoms with van der Waals surface area (Å²) >= 11 is 1.62. The molecule has 2 aliphatic rings. The molecule has 0 fully saturated rings. The topological polar surface area (TPSA) is 59.8 Å². The first-order valence-corrected chi connectivity index (χ1v) is 11.6. The van der Waals surface area contributed by atoms with Gasteiger partial charge in [0, 0.05) is 23.4 Å². The molecule has 2 heterocycles. The molecule has 1 aromatic heterocycles. The number of carbonyl (C=O) groups is 1. The summed E-state index contributed by atoms with van der Waals surface area (Å²) in [6.07, 6.45) is 1.38. The Balaban J connectivity index is 1.51. The molecule has 3 aromatic rings. The molecular weight excluding hydrogens is 404 g/mol. The van der Waals surface area contributed by atoms with Crippen LogP contribution < -0.4 is 5.32 Å². The lowest BCUT2D eigenvalue weighted by atomic mass is 9.73. The van der Waals surface area contributed by atoms with Gasteiger partial charge in [0.05, 0.1) is 0 Å². The van der Waals surface area contributed by atoms with E-state index in [1.54, 1.807) is 11.8 Å². The largest absolute Gasteiger partial charge is 0.328 e. The first-order chi connectivity index (χ1) is 14.9. The van der Waals surface area contributed by atoms with Crippen molar-refractivity contribution in [1.29, 1.82) is 0 Å². The van der Waals surface area contributed by atoms with Crippen LogP contribution in [-0.2, 0) is 10.5 Å².